The normalized spacial score (nSPS) is 21.8. The van der Waals surface area contributed by atoms with Crippen molar-refractivity contribution in [2.75, 3.05) is 0 Å². The molecule has 1 aliphatic carbocycles. The molecule has 1 fully saturated rings. The van der Waals surface area contributed by atoms with Crippen LogP contribution in [0, 0.1) is 5.92 Å². The number of aliphatic hydroxyl groups is 1. The molecule has 1 aromatic rings. The van der Waals surface area contributed by atoms with Crippen LogP contribution in [0.4, 0.5) is 0 Å². The highest BCUT2D eigenvalue weighted by atomic mass is 16.3. The standard InChI is InChI=1S/C10H13NO/c1-10(12,8-2-3-8)9-4-6-11-7-5-9/h4-8,12H,2-3H2,1H3/t10-/m1/s1. The van der Waals surface area contributed by atoms with Crippen LogP contribution >= 0.6 is 0 Å². The van der Waals surface area contributed by atoms with Crippen LogP contribution < -0.4 is 0 Å². The maximum absolute atomic E-state index is 10.1. The Labute approximate surface area is 72.3 Å². The molecule has 0 bridgehead atoms. The Balaban J connectivity index is 2.28. The van der Waals surface area contributed by atoms with E-state index < -0.39 is 5.60 Å². The van der Waals surface area contributed by atoms with Crippen molar-refractivity contribution in [3.63, 3.8) is 0 Å². The van der Waals surface area contributed by atoms with Crippen LogP contribution in [0.25, 0.3) is 0 Å². The summed E-state index contributed by atoms with van der Waals surface area (Å²) in [5, 5.41) is 10.1. The van der Waals surface area contributed by atoms with E-state index in [0.717, 1.165) is 18.4 Å². The summed E-state index contributed by atoms with van der Waals surface area (Å²) in [6.07, 6.45) is 5.75. The summed E-state index contributed by atoms with van der Waals surface area (Å²) in [5.74, 6) is 0.458. The van der Waals surface area contributed by atoms with Crippen LogP contribution in [0.15, 0.2) is 24.5 Å². The SMILES string of the molecule is C[C@](O)(c1ccncc1)C1CC1. The Kier molecular flexibility index (Phi) is 1.65. The van der Waals surface area contributed by atoms with Gasteiger partial charge in [0.15, 0.2) is 0 Å². The van der Waals surface area contributed by atoms with E-state index in [2.05, 4.69) is 4.98 Å². The van der Waals surface area contributed by atoms with Crippen molar-refractivity contribution in [1.29, 1.82) is 0 Å². The first-order valence-corrected chi connectivity index (χ1v) is 4.34. The molecule has 64 valence electrons. The van der Waals surface area contributed by atoms with E-state index in [1.807, 2.05) is 19.1 Å². The average Bonchev–Trinajstić information content (AvgIpc) is 2.88. The molecule has 1 aliphatic rings. The third-order valence-electron chi connectivity index (χ3n) is 2.64. The van der Waals surface area contributed by atoms with Crippen LogP contribution in [0.1, 0.15) is 25.3 Å². The molecule has 0 aromatic carbocycles. The number of hydrogen-bond acceptors (Lipinski definition) is 2. The molecule has 12 heavy (non-hydrogen) atoms. The van der Waals surface area contributed by atoms with E-state index in [1.165, 1.54) is 0 Å². The van der Waals surface area contributed by atoms with Gasteiger partial charge in [0.05, 0.1) is 5.60 Å². The van der Waals surface area contributed by atoms with Gasteiger partial charge in [-0.25, -0.2) is 0 Å². The molecule has 1 N–H and O–H groups in total. The van der Waals surface area contributed by atoms with Crippen molar-refractivity contribution in [1.82, 2.24) is 4.98 Å². The molecule has 1 saturated carbocycles. The van der Waals surface area contributed by atoms with E-state index in [-0.39, 0.29) is 0 Å². The highest BCUT2D eigenvalue weighted by Gasteiger charge is 2.40. The Bertz CT molecular complexity index is 264. The second-order valence-corrected chi connectivity index (χ2v) is 3.66. The zero-order valence-corrected chi connectivity index (χ0v) is 7.20. The van der Waals surface area contributed by atoms with E-state index in [9.17, 15) is 5.11 Å². The molecule has 0 aliphatic heterocycles. The second-order valence-electron chi connectivity index (χ2n) is 3.66. The van der Waals surface area contributed by atoms with Crippen LogP contribution in [0.2, 0.25) is 0 Å². The van der Waals surface area contributed by atoms with E-state index in [0.29, 0.717) is 5.92 Å². The Morgan fingerprint density at radius 3 is 2.50 bits per heavy atom. The van der Waals surface area contributed by atoms with Crippen molar-refractivity contribution >= 4 is 0 Å². The minimum atomic E-state index is -0.636. The summed E-state index contributed by atoms with van der Waals surface area (Å²) >= 11 is 0. The highest BCUT2D eigenvalue weighted by molar-refractivity contribution is 5.20. The highest BCUT2D eigenvalue weighted by Crippen LogP contribution is 2.45. The summed E-state index contributed by atoms with van der Waals surface area (Å²) in [6, 6.07) is 3.77. The van der Waals surface area contributed by atoms with Crippen molar-refractivity contribution < 1.29 is 5.11 Å². The minimum absolute atomic E-state index is 0.458. The van der Waals surface area contributed by atoms with E-state index in [4.69, 9.17) is 0 Å². The third kappa shape index (κ3) is 1.23. The Morgan fingerprint density at radius 1 is 1.42 bits per heavy atom. The van der Waals surface area contributed by atoms with Gasteiger partial charge in [0, 0.05) is 12.4 Å². The van der Waals surface area contributed by atoms with Gasteiger partial charge in [-0.3, -0.25) is 4.98 Å². The molecule has 2 heteroatoms. The summed E-state index contributed by atoms with van der Waals surface area (Å²) in [4.78, 5) is 3.93. The van der Waals surface area contributed by atoms with Gasteiger partial charge in [-0.2, -0.15) is 0 Å². The molecule has 0 radical (unpaired) electrons. The number of hydrogen-bond donors (Lipinski definition) is 1. The summed E-state index contributed by atoms with van der Waals surface area (Å²) < 4.78 is 0. The maximum Gasteiger partial charge on any atom is 0.0897 e. The van der Waals surface area contributed by atoms with Crippen LogP contribution in [0.3, 0.4) is 0 Å². The first-order valence-electron chi connectivity index (χ1n) is 4.34. The lowest BCUT2D eigenvalue weighted by Crippen LogP contribution is -2.23. The lowest BCUT2D eigenvalue weighted by atomic mass is 9.92. The fraction of sp³-hybridized carbons (Fsp3) is 0.500. The van der Waals surface area contributed by atoms with Gasteiger partial charge in [-0.05, 0) is 43.4 Å². The molecular formula is C10H13NO. The van der Waals surface area contributed by atoms with Gasteiger partial charge in [0.25, 0.3) is 0 Å². The number of aromatic nitrogens is 1. The summed E-state index contributed by atoms with van der Waals surface area (Å²) in [6.45, 7) is 1.89. The van der Waals surface area contributed by atoms with Gasteiger partial charge in [0.1, 0.15) is 0 Å². The molecule has 2 rings (SSSR count). The predicted octanol–water partition coefficient (Wildman–Crippen LogP) is 1.70. The first-order chi connectivity index (χ1) is 5.71. The Hall–Kier alpha value is -0.890. The molecule has 0 saturated heterocycles. The fourth-order valence-corrected chi connectivity index (χ4v) is 1.57. The van der Waals surface area contributed by atoms with Crippen molar-refractivity contribution in [2.45, 2.75) is 25.4 Å². The second kappa shape index (κ2) is 2.56. The van der Waals surface area contributed by atoms with Crippen LogP contribution in [0.5, 0.6) is 0 Å². The molecule has 0 amide bonds. The summed E-state index contributed by atoms with van der Waals surface area (Å²) in [5.41, 5.74) is 0.350. The van der Waals surface area contributed by atoms with Crippen molar-refractivity contribution in [3.8, 4) is 0 Å². The lowest BCUT2D eigenvalue weighted by Gasteiger charge is -2.22. The van der Waals surface area contributed by atoms with Crippen molar-refractivity contribution in [3.05, 3.63) is 30.1 Å². The van der Waals surface area contributed by atoms with Gasteiger partial charge in [-0.1, -0.05) is 0 Å². The van der Waals surface area contributed by atoms with Crippen molar-refractivity contribution in [2.24, 2.45) is 5.92 Å². The molecule has 0 unspecified atom stereocenters. The molecule has 0 spiro atoms. The topological polar surface area (TPSA) is 33.1 Å². The van der Waals surface area contributed by atoms with Gasteiger partial charge < -0.3 is 5.11 Å². The minimum Gasteiger partial charge on any atom is -0.385 e. The molecule has 2 nitrogen and oxygen atoms in total. The molecular weight excluding hydrogens is 150 g/mol. The Morgan fingerprint density at radius 2 is 2.00 bits per heavy atom. The maximum atomic E-state index is 10.1. The molecule has 1 aromatic heterocycles. The zero-order chi connectivity index (χ0) is 8.60. The number of nitrogens with zero attached hydrogens (tertiary/aromatic N) is 1. The van der Waals surface area contributed by atoms with Crippen LogP contribution in [-0.2, 0) is 5.60 Å². The molecule has 1 heterocycles. The quantitative estimate of drug-likeness (QED) is 0.719. The number of pyridine rings is 1. The first kappa shape index (κ1) is 7.74. The van der Waals surface area contributed by atoms with E-state index >= 15 is 0 Å². The fourth-order valence-electron chi connectivity index (χ4n) is 1.57. The summed E-state index contributed by atoms with van der Waals surface area (Å²) in [7, 11) is 0. The van der Waals surface area contributed by atoms with Gasteiger partial charge in [-0.15, -0.1) is 0 Å². The van der Waals surface area contributed by atoms with Gasteiger partial charge >= 0.3 is 0 Å². The lowest BCUT2D eigenvalue weighted by molar-refractivity contribution is 0.0330. The van der Waals surface area contributed by atoms with E-state index in [1.54, 1.807) is 12.4 Å². The monoisotopic (exact) mass is 163 g/mol. The van der Waals surface area contributed by atoms with Crippen LogP contribution in [-0.4, -0.2) is 10.1 Å². The zero-order valence-electron chi connectivity index (χ0n) is 7.20. The molecule has 1 atom stereocenters. The van der Waals surface area contributed by atoms with Gasteiger partial charge in [0.2, 0.25) is 0 Å². The predicted molar refractivity (Wildman–Crippen MR) is 46.5 cm³/mol. The smallest absolute Gasteiger partial charge is 0.0897 e. The largest absolute Gasteiger partial charge is 0.385 e. The third-order valence-corrected chi connectivity index (χ3v) is 2.64. The number of rotatable bonds is 2. The average molecular weight is 163 g/mol.